The van der Waals surface area contributed by atoms with Crippen LogP contribution in [0.4, 0.5) is 0 Å². The molecule has 0 bridgehead atoms. The van der Waals surface area contributed by atoms with Gasteiger partial charge in [-0.25, -0.2) is 0 Å². The average Bonchev–Trinajstić information content (AvgIpc) is 2.71. The third-order valence-electron chi connectivity index (χ3n) is 3.61. The summed E-state index contributed by atoms with van der Waals surface area (Å²) in [7, 11) is -4.31. The van der Waals surface area contributed by atoms with E-state index in [1.165, 1.54) is 0 Å². The molecule has 2 aliphatic rings. The number of aliphatic hydroxyl groups excluding tert-OH is 2. The van der Waals surface area contributed by atoms with Crippen LogP contribution in [-0.4, -0.2) is 65.7 Å². The minimum absolute atomic E-state index is 0.0343. The van der Waals surface area contributed by atoms with Crippen molar-refractivity contribution < 1.29 is 38.5 Å². The van der Waals surface area contributed by atoms with E-state index in [0.29, 0.717) is 10.6 Å². The van der Waals surface area contributed by atoms with E-state index >= 15 is 0 Å². The van der Waals surface area contributed by atoms with Crippen molar-refractivity contribution in [1.29, 1.82) is 0 Å². The van der Waals surface area contributed by atoms with Gasteiger partial charge in [-0.15, -0.1) is 0 Å². The lowest BCUT2D eigenvalue weighted by Crippen LogP contribution is -2.34. The topological polar surface area (TPSA) is 124 Å². The fraction of sp³-hybridized carbons (Fsp3) is 0.444. The van der Waals surface area contributed by atoms with Crippen molar-refractivity contribution in [2.45, 2.75) is 25.4 Å². The Labute approximate surface area is 166 Å². The molecule has 0 radical (unpaired) electrons. The molecule has 154 valence electrons. The molecule has 4 unspecified atom stereocenters. The maximum absolute atomic E-state index is 12.3. The minimum Gasteiger partial charge on any atom is -0.603 e. The normalized spacial score (nSPS) is 25.9. The molecule has 2 aliphatic carbocycles. The van der Waals surface area contributed by atoms with Gasteiger partial charge >= 0.3 is 0 Å². The molecule has 28 heavy (non-hydrogen) atoms. The summed E-state index contributed by atoms with van der Waals surface area (Å²) in [6, 6.07) is 0. The summed E-state index contributed by atoms with van der Waals surface area (Å²) in [5.74, 6) is 0. The van der Waals surface area contributed by atoms with Crippen LogP contribution in [0, 0.1) is 0 Å². The maximum atomic E-state index is 12.3. The molecule has 0 amide bonds. The summed E-state index contributed by atoms with van der Waals surface area (Å²) in [6.45, 7) is 1.16. The Balaban J connectivity index is 2.04. The molecule has 0 aliphatic heterocycles. The van der Waals surface area contributed by atoms with E-state index in [4.69, 9.17) is 28.7 Å². The van der Waals surface area contributed by atoms with Crippen LogP contribution in [0.3, 0.4) is 0 Å². The van der Waals surface area contributed by atoms with E-state index in [9.17, 15) is 9.79 Å². The van der Waals surface area contributed by atoms with E-state index in [1.807, 2.05) is 0 Å². The zero-order valence-electron chi connectivity index (χ0n) is 15.4. The average molecular weight is 430 g/mol. The highest BCUT2D eigenvalue weighted by Crippen LogP contribution is 2.26. The number of rotatable bonds is 10. The molecule has 0 saturated carbocycles. The molecule has 0 aromatic rings. The summed E-state index contributed by atoms with van der Waals surface area (Å²) in [5.41, 5.74) is 0. The monoisotopic (exact) mass is 430 g/mol. The van der Waals surface area contributed by atoms with Gasteiger partial charge in [0, 0.05) is 0 Å². The van der Waals surface area contributed by atoms with Crippen LogP contribution < -0.4 is 9.79 Å². The standard InChI is InChI=1S/C18H24O8P2/c1-14(25-15-6-2-4-8-17(15)27(21)23-12-10-19)26-16-7-3-5-9-18(16)28(22)24-13-11-20/h2-9,14-16,19-20H,10-13H2,1H3. The van der Waals surface area contributed by atoms with Crippen LogP contribution in [0.2, 0.25) is 0 Å². The molecule has 10 heteroatoms. The Hall–Kier alpha value is -1.02. The molecule has 2 N–H and O–H groups in total. The summed E-state index contributed by atoms with van der Waals surface area (Å²) >= 11 is 0. The van der Waals surface area contributed by atoms with Crippen LogP contribution in [0.15, 0.2) is 48.6 Å². The van der Waals surface area contributed by atoms with Gasteiger partial charge in [0.15, 0.2) is 16.9 Å². The van der Waals surface area contributed by atoms with Gasteiger partial charge < -0.3 is 29.5 Å². The van der Waals surface area contributed by atoms with Crippen molar-refractivity contribution >= 4 is 26.6 Å². The number of hydrogen-bond donors (Lipinski definition) is 2. The highest BCUT2D eigenvalue weighted by atomic mass is 31.1. The van der Waals surface area contributed by atoms with E-state index in [1.54, 1.807) is 55.5 Å². The fourth-order valence-corrected chi connectivity index (χ4v) is 4.34. The van der Waals surface area contributed by atoms with Gasteiger partial charge in [-0.05, 0) is 31.2 Å². The Morgan fingerprint density at radius 2 is 1.29 bits per heavy atom. The highest BCUT2D eigenvalue weighted by molar-refractivity contribution is 7.47. The van der Waals surface area contributed by atoms with E-state index in [2.05, 4.69) is 0 Å². The molecule has 0 saturated heterocycles. The van der Waals surface area contributed by atoms with Crippen molar-refractivity contribution in [2.75, 3.05) is 26.4 Å². The van der Waals surface area contributed by atoms with Crippen molar-refractivity contribution in [1.82, 2.24) is 0 Å². The van der Waals surface area contributed by atoms with Crippen molar-refractivity contribution in [3.8, 4) is 0 Å². The summed E-state index contributed by atoms with van der Waals surface area (Å²) < 4.78 is 21.9. The van der Waals surface area contributed by atoms with E-state index < -0.39 is 34.5 Å². The largest absolute Gasteiger partial charge is 0.603 e. The molecule has 0 spiro atoms. The molecule has 0 fully saturated rings. The SMILES string of the molecule is CC(OC1C=CC=CC1=[P+]([O-])OCCO)OC1C=CC=CC1=[P+]([O-])OCCO. The Morgan fingerprint density at radius 3 is 1.68 bits per heavy atom. The molecule has 0 heterocycles. The van der Waals surface area contributed by atoms with Gasteiger partial charge in [-0.2, -0.15) is 9.05 Å². The lowest BCUT2D eigenvalue weighted by atomic mass is 10.1. The number of ether oxygens (including phenoxy) is 2. The van der Waals surface area contributed by atoms with Gasteiger partial charge in [0.25, 0.3) is 0 Å². The highest BCUT2D eigenvalue weighted by Gasteiger charge is 2.28. The summed E-state index contributed by atoms with van der Waals surface area (Å²) in [5, 5.41) is 18.5. The fourth-order valence-electron chi connectivity index (χ4n) is 2.43. The lowest BCUT2D eigenvalue weighted by Gasteiger charge is -2.24. The molecule has 0 aromatic heterocycles. The predicted molar refractivity (Wildman–Crippen MR) is 106 cm³/mol. The van der Waals surface area contributed by atoms with Crippen LogP contribution >= 0.6 is 16.0 Å². The molecular formula is C18H24O8P2. The van der Waals surface area contributed by atoms with Gasteiger partial charge in [0.1, 0.15) is 25.4 Å². The van der Waals surface area contributed by atoms with Gasteiger partial charge in [0.05, 0.1) is 13.2 Å². The zero-order chi connectivity index (χ0) is 20.4. The smallest absolute Gasteiger partial charge is 0.227 e. The molecule has 4 atom stereocenters. The first-order valence-electron chi connectivity index (χ1n) is 8.73. The number of allylic oxidation sites excluding steroid dienone is 4. The quantitative estimate of drug-likeness (QED) is 0.369. The number of hydrogen-bond acceptors (Lipinski definition) is 8. The maximum Gasteiger partial charge on any atom is 0.227 e. The second-order valence-corrected chi connectivity index (χ2v) is 8.22. The zero-order valence-corrected chi connectivity index (χ0v) is 17.2. The van der Waals surface area contributed by atoms with Crippen molar-refractivity contribution in [2.24, 2.45) is 0 Å². The molecule has 0 aromatic carbocycles. The van der Waals surface area contributed by atoms with E-state index in [0.717, 1.165) is 0 Å². The van der Waals surface area contributed by atoms with E-state index in [-0.39, 0.29) is 26.4 Å². The van der Waals surface area contributed by atoms with Crippen LogP contribution in [0.25, 0.3) is 0 Å². The first-order chi connectivity index (χ1) is 13.6. The summed E-state index contributed by atoms with van der Waals surface area (Å²) in [6.07, 6.45) is 11.7. The second-order valence-electron chi connectivity index (χ2n) is 5.65. The lowest BCUT2D eigenvalue weighted by molar-refractivity contribution is -0.173. The van der Waals surface area contributed by atoms with Crippen molar-refractivity contribution in [3.05, 3.63) is 48.6 Å². The van der Waals surface area contributed by atoms with Gasteiger partial charge in [-0.3, -0.25) is 0 Å². The Bertz CT molecular complexity index is 638. The summed E-state index contributed by atoms with van der Waals surface area (Å²) in [4.78, 5) is 24.5. The minimum atomic E-state index is -2.15. The van der Waals surface area contributed by atoms with Crippen LogP contribution in [0.5, 0.6) is 0 Å². The second kappa shape index (κ2) is 12.5. The Morgan fingerprint density at radius 1 is 0.857 bits per heavy atom. The van der Waals surface area contributed by atoms with Gasteiger partial charge in [0.2, 0.25) is 16.0 Å². The van der Waals surface area contributed by atoms with Crippen molar-refractivity contribution in [3.63, 3.8) is 0 Å². The van der Waals surface area contributed by atoms with Gasteiger partial charge in [-0.1, -0.05) is 24.3 Å². The molecule has 8 nitrogen and oxygen atoms in total. The number of aliphatic hydroxyl groups is 2. The van der Waals surface area contributed by atoms with Crippen LogP contribution in [0.1, 0.15) is 6.92 Å². The third-order valence-corrected chi connectivity index (χ3v) is 6.09. The van der Waals surface area contributed by atoms with Crippen LogP contribution in [-0.2, 0) is 18.5 Å². The molecule has 2 rings (SSSR count). The predicted octanol–water partition coefficient (Wildman–Crippen LogP) is 0.0618. The Kier molecular flexibility index (Phi) is 10.4. The third kappa shape index (κ3) is 7.10. The first kappa shape index (κ1) is 23.3. The molecular weight excluding hydrogens is 406 g/mol. The first-order valence-corrected chi connectivity index (χ1v) is 11.1.